The summed E-state index contributed by atoms with van der Waals surface area (Å²) in [5, 5.41) is 5.51. The zero-order valence-electron chi connectivity index (χ0n) is 16.5. The van der Waals surface area contributed by atoms with Crippen LogP contribution in [0.5, 0.6) is 0 Å². The van der Waals surface area contributed by atoms with Crippen molar-refractivity contribution in [1.82, 2.24) is 10.3 Å². The van der Waals surface area contributed by atoms with E-state index in [0.29, 0.717) is 22.0 Å². The zero-order chi connectivity index (χ0) is 21.1. The van der Waals surface area contributed by atoms with Crippen LogP contribution < -0.4 is 16.8 Å². The molecule has 6 heteroatoms. The van der Waals surface area contributed by atoms with E-state index in [1.54, 1.807) is 18.3 Å². The molecule has 0 unspecified atom stereocenters. The van der Waals surface area contributed by atoms with Crippen molar-refractivity contribution in [1.29, 1.82) is 0 Å². The fraction of sp³-hybridized carbons (Fsp3) is 0.250. The lowest BCUT2D eigenvalue weighted by molar-refractivity contribution is 0.0926. The van der Waals surface area contributed by atoms with Gasteiger partial charge >= 0.3 is 0 Å². The van der Waals surface area contributed by atoms with Crippen molar-refractivity contribution in [2.24, 2.45) is 5.73 Å². The molecule has 1 fully saturated rings. The standard InChI is InChI=1S/C24H23ClN4O/c25-18-7-6-17-14-28-23(27)21(22(17)13-18)12-3-15-1-4-16(5-2-15)24(30)29-20-10-8-19(26)9-11-20/h1-2,4-7,13-14,19-20H,8-11,26H2,(H2,27,28)(H,29,30)/t19-,20-. The summed E-state index contributed by atoms with van der Waals surface area (Å²) in [7, 11) is 0. The van der Waals surface area contributed by atoms with Gasteiger partial charge in [-0.15, -0.1) is 0 Å². The molecular formula is C24H23ClN4O. The second kappa shape index (κ2) is 8.74. The van der Waals surface area contributed by atoms with Crippen LogP contribution >= 0.6 is 11.6 Å². The van der Waals surface area contributed by atoms with Gasteiger partial charge in [-0.1, -0.05) is 29.5 Å². The molecule has 3 aromatic rings. The van der Waals surface area contributed by atoms with Crippen molar-refractivity contribution in [3.05, 3.63) is 70.4 Å². The molecule has 0 atom stereocenters. The molecule has 0 spiro atoms. The predicted octanol–water partition coefficient (Wildman–Crippen LogP) is 3.87. The van der Waals surface area contributed by atoms with E-state index in [0.717, 1.165) is 42.0 Å². The number of aromatic nitrogens is 1. The lowest BCUT2D eigenvalue weighted by Gasteiger charge is -2.26. The number of nitrogens with zero attached hydrogens (tertiary/aromatic N) is 1. The summed E-state index contributed by atoms with van der Waals surface area (Å²) in [6.07, 6.45) is 5.48. The number of carbonyl (C=O) groups excluding carboxylic acids is 1. The minimum absolute atomic E-state index is 0.0629. The van der Waals surface area contributed by atoms with E-state index in [-0.39, 0.29) is 18.0 Å². The van der Waals surface area contributed by atoms with Gasteiger partial charge in [0.1, 0.15) is 5.82 Å². The van der Waals surface area contributed by atoms with Gasteiger partial charge in [0.2, 0.25) is 0 Å². The highest BCUT2D eigenvalue weighted by atomic mass is 35.5. The zero-order valence-corrected chi connectivity index (χ0v) is 17.2. The lowest BCUT2D eigenvalue weighted by Crippen LogP contribution is -2.40. The second-order valence-corrected chi connectivity index (χ2v) is 8.10. The molecule has 2 aromatic carbocycles. The first kappa shape index (κ1) is 20.2. The van der Waals surface area contributed by atoms with E-state index >= 15 is 0 Å². The van der Waals surface area contributed by atoms with Crippen LogP contribution in [0, 0.1) is 11.8 Å². The molecule has 1 aliphatic rings. The smallest absolute Gasteiger partial charge is 0.251 e. The van der Waals surface area contributed by atoms with Crippen molar-refractivity contribution in [2.75, 3.05) is 5.73 Å². The summed E-state index contributed by atoms with van der Waals surface area (Å²) in [5.41, 5.74) is 14.0. The van der Waals surface area contributed by atoms with Crippen LogP contribution in [0.15, 0.2) is 48.7 Å². The van der Waals surface area contributed by atoms with Crippen LogP contribution in [0.4, 0.5) is 5.82 Å². The number of nitrogens with one attached hydrogen (secondary N) is 1. The summed E-state index contributed by atoms with van der Waals surface area (Å²) in [6.45, 7) is 0. The quantitative estimate of drug-likeness (QED) is 0.550. The number of hydrogen-bond acceptors (Lipinski definition) is 4. The summed E-state index contributed by atoms with van der Waals surface area (Å²) in [4.78, 5) is 16.7. The van der Waals surface area contributed by atoms with E-state index in [1.807, 2.05) is 30.3 Å². The molecule has 0 aliphatic heterocycles. The van der Waals surface area contributed by atoms with Gasteiger partial charge in [0, 0.05) is 45.2 Å². The van der Waals surface area contributed by atoms with Crippen LogP contribution in [0.3, 0.4) is 0 Å². The maximum Gasteiger partial charge on any atom is 0.251 e. The topological polar surface area (TPSA) is 94.0 Å². The number of halogens is 1. The Bertz CT molecular complexity index is 1130. The van der Waals surface area contributed by atoms with Crippen LogP contribution in [-0.4, -0.2) is 23.0 Å². The predicted molar refractivity (Wildman–Crippen MR) is 121 cm³/mol. The first-order valence-corrected chi connectivity index (χ1v) is 10.4. The van der Waals surface area contributed by atoms with Crippen molar-refractivity contribution in [3.63, 3.8) is 0 Å². The number of amides is 1. The molecule has 1 heterocycles. The average Bonchev–Trinajstić information content (AvgIpc) is 2.75. The number of fused-ring (bicyclic) bond motifs is 1. The molecule has 4 rings (SSSR count). The Hall–Kier alpha value is -3.07. The number of carbonyl (C=O) groups is 1. The first-order chi connectivity index (χ1) is 14.5. The molecule has 152 valence electrons. The monoisotopic (exact) mass is 418 g/mol. The Morgan fingerprint density at radius 3 is 2.53 bits per heavy atom. The van der Waals surface area contributed by atoms with Gasteiger partial charge in [-0.3, -0.25) is 4.79 Å². The summed E-state index contributed by atoms with van der Waals surface area (Å²) >= 11 is 6.13. The number of benzene rings is 2. The highest BCUT2D eigenvalue weighted by molar-refractivity contribution is 6.31. The maximum absolute atomic E-state index is 12.5. The average molecular weight is 419 g/mol. The normalized spacial score (nSPS) is 18.5. The molecule has 1 aliphatic carbocycles. The number of pyridine rings is 1. The van der Waals surface area contributed by atoms with Crippen molar-refractivity contribution in [2.45, 2.75) is 37.8 Å². The van der Waals surface area contributed by atoms with Crippen LogP contribution in [0.25, 0.3) is 10.8 Å². The highest BCUT2D eigenvalue weighted by Crippen LogP contribution is 2.25. The summed E-state index contributed by atoms with van der Waals surface area (Å²) < 4.78 is 0. The molecular weight excluding hydrogens is 396 g/mol. The third-order valence-corrected chi connectivity index (χ3v) is 5.70. The van der Waals surface area contributed by atoms with Crippen LogP contribution in [-0.2, 0) is 0 Å². The van der Waals surface area contributed by atoms with Crippen molar-refractivity contribution in [3.8, 4) is 11.8 Å². The molecule has 30 heavy (non-hydrogen) atoms. The Morgan fingerprint density at radius 1 is 1.07 bits per heavy atom. The van der Waals surface area contributed by atoms with E-state index in [1.165, 1.54) is 0 Å². The van der Waals surface area contributed by atoms with Gasteiger partial charge in [0.05, 0.1) is 5.56 Å². The lowest BCUT2D eigenvalue weighted by atomic mass is 9.91. The van der Waals surface area contributed by atoms with E-state index in [2.05, 4.69) is 22.1 Å². The Balaban J connectivity index is 1.51. The molecule has 1 saturated carbocycles. The van der Waals surface area contributed by atoms with Gasteiger partial charge in [-0.25, -0.2) is 4.98 Å². The fourth-order valence-corrected chi connectivity index (χ4v) is 3.87. The third-order valence-electron chi connectivity index (χ3n) is 5.47. The Kier molecular flexibility index (Phi) is 5.89. The van der Waals surface area contributed by atoms with Gasteiger partial charge < -0.3 is 16.8 Å². The van der Waals surface area contributed by atoms with E-state index < -0.39 is 0 Å². The van der Waals surface area contributed by atoms with Crippen LogP contribution in [0.1, 0.15) is 47.2 Å². The number of rotatable bonds is 2. The largest absolute Gasteiger partial charge is 0.383 e. The molecule has 0 bridgehead atoms. The van der Waals surface area contributed by atoms with Gasteiger partial charge in [-0.05, 0) is 62.1 Å². The minimum atomic E-state index is -0.0629. The Labute approximate surface area is 180 Å². The number of nitrogens with two attached hydrogens (primary N) is 2. The molecule has 5 N–H and O–H groups in total. The number of hydrogen-bond donors (Lipinski definition) is 3. The second-order valence-electron chi connectivity index (χ2n) is 7.66. The first-order valence-electron chi connectivity index (χ1n) is 10.0. The van der Waals surface area contributed by atoms with Gasteiger partial charge in [0.25, 0.3) is 5.91 Å². The molecule has 0 radical (unpaired) electrons. The molecule has 1 aromatic heterocycles. The van der Waals surface area contributed by atoms with Crippen LogP contribution in [0.2, 0.25) is 5.02 Å². The summed E-state index contributed by atoms with van der Waals surface area (Å²) in [5.74, 6) is 6.52. The third kappa shape index (κ3) is 4.56. The SMILES string of the molecule is Nc1ncc2ccc(Cl)cc2c1C#Cc1ccc(C(=O)N[C@H]2CC[C@H](N)CC2)cc1. The van der Waals surface area contributed by atoms with Gasteiger partial charge in [-0.2, -0.15) is 0 Å². The fourth-order valence-electron chi connectivity index (χ4n) is 3.70. The molecule has 5 nitrogen and oxygen atoms in total. The number of anilines is 1. The van der Waals surface area contributed by atoms with E-state index in [4.69, 9.17) is 23.1 Å². The maximum atomic E-state index is 12.5. The highest BCUT2D eigenvalue weighted by Gasteiger charge is 2.20. The van der Waals surface area contributed by atoms with Crippen molar-refractivity contribution < 1.29 is 4.79 Å². The summed E-state index contributed by atoms with van der Waals surface area (Å²) in [6, 6.07) is 13.2. The van der Waals surface area contributed by atoms with Crippen molar-refractivity contribution >= 4 is 34.1 Å². The van der Waals surface area contributed by atoms with E-state index in [9.17, 15) is 4.79 Å². The molecule has 0 saturated heterocycles. The molecule has 1 amide bonds. The van der Waals surface area contributed by atoms with Gasteiger partial charge in [0.15, 0.2) is 0 Å². The Morgan fingerprint density at radius 2 is 1.80 bits per heavy atom. The minimum Gasteiger partial charge on any atom is -0.383 e. The number of nitrogen functional groups attached to an aromatic ring is 1.